The minimum atomic E-state index is 0. The summed E-state index contributed by atoms with van der Waals surface area (Å²) in [7, 11) is 0. The van der Waals surface area contributed by atoms with Crippen LogP contribution in [0.25, 0.3) is 33.3 Å². The van der Waals surface area contributed by atoms with Crippen LogP contribution in [0.15, 0.2) is 78.5 Å². The van der Waals surface area contributed by atoms with Crippen LogP contribution in [0.4, 0.5) is 0 Å². The molecule has 266 valence electrons. The molecule has 51 heavy (non-hydrogen) atoms. The van der Waals surface area contributed by atoms with Crippen LogP contribution in [0.2, 0.25) is 0 Å². The van der Waals surface area contributed by atoms with Gasteiger partial charge in [-0.05, 0) is 92.1 Å². The number of allylic oxidation sites excluding steroid dienone is 2. The van der Waals surface area contributed by atoms with E-state index < -0.39 is 0 Å². The Morgan fingerprint density at radius 3 is 2.49 bits per heavy atom. The molecule has 0 bridgehead atoms. The number of unbranched alkanes of at least 4 members (excludes halogenated alkanes) is 1. The number of fused-ring (bicyclic) bond motifs is 3. The number of benzene rings is 3. The minimum Gasteiger partial charge on any atom is -0.509 e. The summed E-state index contributed by atoms with van der Waals surface area (Å²) in [4.78, 5) is 4.79. The fourth-order valence-corrected chi connectivity index (χ4v) is 8.22. The molecule has 3 atom stereocenters. The van der Waals surface area contributed by atoms with E-state index >= 15 is 0 Å². The van der Waals surface area contributed by atoms with E-state index in [0.29, 0.717) is 35.2 Å². The van der Waals surface area contributed by atoms with Crippen molar-refractivity contribution in [3.8, 4) is 23.0 Å². The minimum absolute atomic E-state index is 0. The Morgan fingerprint density at radius 1 is 0.941 bits per heavy atom. The van der Waals surface area contributed by atoms with Crippen LogP contribution >= 0.6 is 0 Å². The van der Waals surface area contributed by atoms with Crippen molar-refractivity contribution in [3.63, 3.8) is 0 Å². The van der Waals surface area contributed by atoms with Gasteiger partial charge in [-0.3, -0.25) is 4.68 Å². The third-order valence-corrected chi connectivity index (χ3v) is 10.6. The van der Waals surface area contributed by atoms with Gasteiger partial charge in [0.15, 0.2) is 0 Å². The van der Waals surface area contributed by atoms with Gasteiger partial charge >= 0.3 is 21.1 Å². The Bertz CT molecular complexity index is 2210. The zero-order valence-electron chi connectivity index (χ0n) is 31.3. The van der Waals surface area contributed by atoms with Gasteiger partial charge in [-0.15, -0.1) is 41.3 Å². The standard InChI is InChI=1S/C45H50N4O.Pt/c1-9-11-15-41-45(44-30(6)21-29(5)22-31(44)7)32(8)47-49(41)35-24-34(28(3)4)25-37(26-35)50-36-17-18-39-38-14-12-13-16-40(38)48(42(39)27-36)43-23-33(10-2)19-20-46-43;/h12-14,16-21,23-25,28-29,31,44H,9-11,15,22H2,1-8H3;/q-2;+2/t29-,31-,44?;/m0./s1. The molecule has 5 nitrogen and oxygen atoms in total. The van der Waals surface area contributed by atoms with Crippen LogP contribution in [0.3, 0.4) is 0 Å². The number of pyridine rings is 1. The van der Waals surface area contributed by atoms with Crippen LogP contribution < -0.4 is 4.74 Å². The number of nitrogens with zero attached hydrogens (tertiary/aromatic N) is 4. The van der Waals surface area contributed by atoms with Crippen LogP contribution in [0.1, 0.15) is 108 Å². The van der Waals surface area contributed by atoms with E-state index in [4.69, 9.17) is 14.8 Å². The molecular weight excluding hydrogens is 808 g/mol. The van der Waals surface area contributed by atoms with Crippen molar-refractivity contribution >= 4 is 21.8 Å². The summed E-state index contributed by atoms with van der Waals surface area (Å²) in [6.07, 6.45) is 9.75. The monoisotopic (exact) mass is 857 g/mol. The zero-order valence-corrected chi connectivity index (χ0v) is 33.6. The SMILES string of the molecule is CCCCc1c(C2C(C)=C[C@H](C)C[C@@H]2C)c(C)nn1-c1[c-]c(Oc2[c-]c3c(cc2)c2ccccc2n3-c2cc(CC)ccn2)cc(C(C)C)c1.[Pt+2]. The normalized spacial score (nSPS) is 17.6. The Hall–Kier alpha value is -3.95. The fourth-order valence-electron chi connectivity index (χ4n) is 8.22. The average Bonchev–Trinajstić information content (AvgIpc) is 3.60. The Morgan fingerprint density at radius 2 is 1.75 bits per heavy atom. The van der Waals surface area contributed by atoms with E-state index in [2.05, 4.69) is 137 Å². The zero-order chi connectivity index (χ0) is 35.1. The average molecular weight is 858 g/mol. The quantitative estimate of drug-likeness (QED) is 0.102. The third-order valence-electron chi connectivity index (χ3n) is 10.6. The number of ether oxygens (including phenoxy) is 1. The van der Waals surface area contributed by atoms with Gasteiger partial charge in [0.05, 0.1) is 5.69 Å². The van der Waals surface area contributed by atoms with Crippen molar-refractivity contribution < 1.29 is 25.8 Å². The van der Waals surface area contributed by atoms with Gasteiger partial charge in [-0.2, -0.15) is 11.2 Å². The molecule has 0 fully saturated rings. The largest absolute Gasteiger partial charge is 2.00 e. The predicted molar refractivity (Wildman–Crippen MR) is 206 cm³/mol. The van der Waals surface area contributed by atoms with Gasteiger partial charge in [-0.1, -0.05) is 83.3 Å². The fraction of sp³-hybridized carbons (Fsp3) is 0.378. The van der Waals surface area contributed by atoms with Crippen LogP contribution in [-0.2, 0) is 33.9 Å². The van der Waals surface area contributed by atoms with E-state index in [1.165, 1.54) is 39.8 Å². The number of rotatable bonds is 10. The molecule has 3 aromatic heterocycles. The van der Waals surface area contributed by atoms with Crippen molar-refractivity contribution in [2.24, 2.45) is 11.8 Å². The molecule has 7 rings (SSSR count). The molecule has 0 radical (unpaired) electrons. The van der Waals surface area contributed by atoms with Gasteiger partial charge in [0.25, 0.3) is 0 Å². The van der Waals surface area contributed by atoms with E-state index in [9.17, 15) is 0 Å². The summed E-state index contributed by atoms with van der Waals surface area (Å²) in [6.45, 7) is 18.2. The van der Waals surface area contributed by atoms with Gasteiger partial charge < -0.3 is 9.30 Å². The van der Waals surface area contributed by atoms with E-state index in [-0.39, 0.29) is 21.1 Å². The van der Waals surface area contributed by atoms with Crippen LogP contribution in [0.5, 0.6) is 11.5 Å². The van der Waals surface area contributed by atoms with E-state index in [0.717, 1.165) is 59.3 Å². The molecule has 6 heteroatoms. The van der Waals surface area contributed by atoms with Gasteiger partial charge in [0.1, 0.15) is 5.82 Å². The van der Waals surface area contributed by atoms with Crippen molar-refractivity contribution in [1.82, 2.24) is 19.3 Å². The maximum absolute atomic E-state index is 6.70. The first-order valence-corrected chi connectivity index (χ1v) is 18.6. The van der Waals surface area contributed by atoms with Gasteiger partial charge in [0.2, 0.25) is 0 Å². The molecule has 1 unspecified atom stereocenters. The summed E-state index contributed by atoms with van der Waals surface area (Å²) in [5.74, 6) is 4.07. The molecular formula is C45H50N4OPt. The second kappa shape index (κ2) is 15.3. The Kier molecular flexibility index (Phi) is 11.1. The van der Waals surface area contributed by atoms with Crippen molar-refractivity contribution in [2.75, 3.05) is 0 Å². The Balaban J connectivity index is 0.00000448. The number of hydrogen-bond acceptors (Lipinski definition) is 3. The van der Waals surface area contributed by atoms with Gasteiger partial charge in [0, 0.05) is 40.4 Å². The van der Waals surface area contributed by atoms with Crippen molar-refractivity contribution in [3.05, 3.63) is 119 Å². The number of aryl methyl sites for hydroxylation is 2. The first-order valence-electron chi connectivity index (χ1n) is 18.6. The number of aromatic nitrogens is 4. The summed E-state index contributed by atoms with van der Waals surface area (Å²) in [5, 5.41) is 7.54. The molecule has 1 aliphatic carbocycles. The molecule has 0 N–H and O–H groups in total. The molecule has 0 aliphatic heterocycles. The molecule has 0 saturated heterocycles. The molecule has 6 aromatic rings. The number of para-hydroxylation sites is 1. The van der Waals surface area contributed by atoms with E-state index in [1.807, 2.05) is 12.3 Å². The summed E-state index contributed by atoms with van der Waals surface area (Å²) in [5.41, 5.74) is 10.7. The second-order valence-corrected chi connectivity index (χ2v) is 14.8. The van der Waals surface area contributed by atoms with Crippen molar-refractivity contribution in [1.29, 1.82) is 0 Å². The van der Waals surface area contributed by atoms with Crippen LogP contribution in [0, 0.1) is 30.9 Å². The molecule has 0 spiro atoms. The first-order chi connectivity index (χ1) is 24.2. The molecule has 0 saturated carbocycles. The molecule has 1 aliphatic rings. The summed E-state index contributed by atoms with van der Waals surface area (Å²) < 4.78 is 11.1. The summed E-state index contributed by atoms with van der Waals surface area (Å²) in [6, 6.07) is 28.6. The maximum atomic E-state index is 6.70. The second-order valence-electron chi connectivity index (χ2n) is 14.8. The smallest absolute Gasteiger partial charge is 0.509 e. The van der Waals surface area contributed by atoms with Gasteiger partial charge in [-0.25, -0.2) is 4.98 Å². The first kappa shape index (κ1) is 36.8. The molecule has 3 aromatic carbocycles. The maximum Gasteiger partial charge on any atom is 2.00 e. The Labute approximate surface area is 318 Å². The topological polar surface area (TPSA) is 44.9 Å². The summed E-state index contributed by atoms with van der Waals surface area (Å²) >= 11 is 0. The van der Waals surface area contributed by atoms with Crippen LogP contribution in [-0.4, -0.2) is 19.3 Å². The number of hydrogen-bond donors (Lipinski definition) is 0. The molecule has 0 amide bonds. The van der Waals surface area contributed by atoms with Crippen molar-refractivity contribution in [2.45, 2.75) is 99.3 Å². The predicted octanol–water partition coefficient (Wildman–Crippen LogP) is 11.8. The van der Waals surface area contributed by atoms with E-state index in [1.54, 1.807) is 0 Å². The molecule has 3 heterocycles. The third kappa shape index (κ3) is 7.12.